The van der Waals surface area contributed by atoms with E-state index < -0.39 is 0 Å². The predicted molar refractivity (Wildman–Crippen MR) is 56.6 cm³/mol. The lowest BCUT2D eigenvalue weighted by Crippen LogP contribution is -1.87. The zero-order chi connectivity index (χ0) is 9.94. The van der Waals surface area contributed by atoms with Crippen molar-refractivity contribution in [1.82, 2.24) is 0 Å². The molecule has 77 valence electrons. The standard InChI is InChI=1S/C10H19O2S/c11-9-7-5-3-1-2-4-6-8-10(12)13/h11H,1-9H2. The van der Waals surface area contributed by atoms with E-state index in [2.05, 4.69) is 12.6 Å². The molecule has 0 aromatic heterocycles. The van der Waals surface area contributed by atoms with Crippen LogP contribution in [0, 0.1) is 0 Å². The van der Waals surface area contributed by atoms with Gasteiger partial charge in [0.15, 0.2) is 0 Å². The van der Waals surface area contributed by atoms with Crippen molar-refractivity contribution in [3.8, 4) is 0 Å². The lowest BCUT2D eigenvalue weighted by atomic mass is 10.1. The minimum Gasteiger partial charge on any atom is -0.396 e. The third-order valence-corrected chi connectivity index (χ3v) is 2.24. The first-order valence-corrected chi connectivity index (χ1v) is 5.49. The third kappa shape index (κ3) is 11.9. The molecule has 0 rings (SSSR count). The molecule has 3 heteroatoms. The van der Waals surface area contributed by atoms with Crippen LogP contribution in [-0.4, -0.2) is 16.8 Å². The molecule has 0 atom stereocenters. The Labute approximate surface area is 86.1 Å². The fourth-order valence-corrected chi connectivity index (χ4v) is 1.41. The monoisotopic (exact) mass is 203 g/mol. The summed E-state index contributed by atoms with van der Waals surface area (Å²) in [5, 5.41) is 8.41. The van der Waals surface area contributed by atoms with Crippen molar-refractivity contribution in [2.24, 2.45) is 0 Å². The van der Waals surface area contributed by atoms with Gasteiger partial charge in [0.2, 0.25) is 5.12 Å². The SMILES string of the molecule is O=C([S])CCCCCCCCCO. The van der Waals surface area contributed by atoms with Crippen LogP contribution in [0.15, 0.2) is 0 Å². The molecule has 0 aliphatic carbocycles. The van der Waals surface area contributed by atoms with Crippen LogP contribution in [-0.2, 0) is 4.79 Å². The first kappa shape index (κ1) is 12.8. The zero-order valence-electron chi connectivity index (χ0n) is 8.13. The summed E-state index contributed by atoms with van der Waals surface area (Å²) in [5.41, 5.74) is 0. The summed E-state index contributed by atoms with van der Waals surface area (Å²) < 4.78 is 0. The molecule has 0 heterocycles. The highest BCUT2D eigenvalue weighted by Gasteiger charge is 1.95. The minimum atomic E-state index is -0.111. The summed E-state index contributed by atoms with van der Waals surface area (Å²) in [6.45, 7) is 0.310. The van der Waals surface area contributed by atoms with Gasteiger partial charge < -0.3 is 5.11 Å². The maximum Gasteiger partial charge on any atom is 0.218 e. The minimum absolute atomic E-state index is 0.111. The average Bonchev–Trinajstić information content (AvgIpc) is 2.09. The number of hydrogen-bond donors (Lipinski definition) is 1. The van der Waals surface area contributed by atoms with Crippen molar-refractivity contribution < 1.29 is 9.90 Å². The number of aliphatic hydroxyl groups is 1. The first-order valence-electron chi connectivity index (χ1n) is 5.08. The molecule has 1 radical (unpaired) electrons. The largest absolute Gasteiger partial charge is 0.396 e. The van der Waals surface area contributed by atoms with Crippen molar-refractivity contribution >= 4 is 17.7 Å². The molecule has 0 aromatic carbocycles. The Morgan fingerprint density at radius 1 is 0.923 bits per heavy atom. The van der Waals surface area contributed by atoms with Gasteiger partial charge in [-0.3, -0.25) is 4.79 Å². The fourth-order valence-electron chi connectivity index (χ4n) is 1.27. The summed E-state index contributed by atoms with van der Waals surface area (Å²) in [5.74, 6) is 0. The van der Waals surface area contributed by atoms with Crippen molar-refractivity contribution in [2.75, 3.05) is 6.61 Å². The lowest BCUT2D eigenvalue weighted by molar-refractivity contribution is -0.110. The molecule has 0 bridgehead atoms. The van der Waals surface area contributed by atoms with E-state index in [1.54, 1.807) is 0 Å². The molecule has 2 nitrogen and oxygen atoms in total. The van der Waals surface area contributed by atoms with E-state index in [4.69, 9.17) is 5.11 Å². The highest BCUT2D eigenvalue weighted by Crippen LogP contribution is 2.08. The molecule has 0 spiro atoms. The molecule has 0 aliphatic rings. The van der Waals surface area contributed by atoms with Crippen LogP contribution in [0.1, 0.15) is 51.4 Å². The Balaban J connectivity index is 2.87. The smallest absolute Gasteiger partial charge is 0.218 e. The topological polar surface area (TPSA) is 37.3 Å². The van der Waals surface area contributed by atoms with E-state index >= 15 is 0 Å². The van der Waals surface area contributed by atoms with Crippen LogP contribution < -0.4 is 0 Å². The normalized spacial score (nSPS) is 10.2. The number of carbonyl (C=O) groups excluding carboxylic acids is 1. The Kier molecular flexibility index (Phi) is 9.82. The number of unbranched alkanes of at least 4 members (excludes halogenated alkanes) is 6. The predicted octanol–water partition coefficient (Wildman–Crippen LogP) is 2.82. The average molecular weight is 203 g/mol. The summed E-state index contributed by atoms with van der Waals surface area (Å²) in [4.78, 5) is 10.4. The van der Waals surface area contributed by atoms with E-state index in [1.165, 1.54) is 19.3 Å². The number of hydrogen-bond acceptors (Lipinski definition) is 2. The van der Waals surface area contributed by atoms with Crippen LogP contribution in [0.5, 0.6) is 0 Å². The van der Waals surface area contributed by atoms with E-state index in [-0.39, 0.29) is 5.12 Å². The molecule has 1 N–H and O–H groups in total. The molecular formula is C10H19O2S. The zero-order valence-corrected chi connectivity index (χ0v) is 8.94. The molecule has 13 heavy (non-hydrogen) atoms. The molecule has 0 amide bonds. The highest BCUT2D eigenvalue weighted by molar-refractivity contribution is 7.96. The van der Waals surface area contributed by atoms with Crippen LogP contribution in [0.3, 0.4) is 0 Å². The summed E-state index contributed by atoms with van der Waals surface area (Å²) >= 11 is 4.45. The second-order valence-corrected chi connectivity index (χ2v) is 3.78. The van der Waals surface area contributed by atoms with E-state index in [0.29, 0.717) is 13.0 Å². The van der Waals surface area contributed by atoms with E-state index in [1.807, 2.05) is 0 Å². The van der Waals surface area contributed by atoms with Gasteiger partial charge in [0.25, 0.3) is 0 Å². The second-order valence-electron chi connectivity index (χ2n) is 3.32. The molecule has 0 aromatic rings. The second kappa shape index (κ2) is 9.93. The molecule has 0 unspecified atom stereocenters. The fraction of sp³-hybridized carbons (Fsp3) is 0.900. The Bertz CT molecular complexity index is 126. The highest BCUT2D eigenvalue weighted by atomic mass is 32.1. The lowest BCUT2D eigenvalue weighted by Gasteiger charge is -1.99. The first-order chi connectivity index (χ1) is 6.27. The Morgan fingerprint density at radius 3 is 1.85 bits per heavy atom. The summed E-state index contributed by atoms with van der Waals surface area (Å²) in [6, 6.07) is 0. The van der Waals surface area contributed by atoms with Gasteiger partial charge in [-0.05, 0) is 25.5 Å². The molecule has 0 saturated carbocycles. The van der Waals surface area contributed by atoms with Gasteiger partial charge in [-0.2, -0.15) is 0 Å². The molecule has 0 fully saturated rings. The molecule has 0 saturated heterocycles. The van der Waals surface area contributed by atoms with Gasteiger partial charge in [-0.25, -0.2) is 0 Å². The summed E-state index contributed by atoms with van der Waals surface area (Å²) in [7, 11) is 0. The Morgan fingerprint density at radius 2 is 1.38 bits per heavy atom. The third-order valence-electron chi connectivity index (χ3n) is 2.04. The molecule has 0 aliphatic heterocycles. The van der Waals surface area contributed by atoms with Crippen molar-refractivity contribution in [2.45, 2.75) is 51.4 Å². The number of rotatable bonds is 9. The molecular weight excluding hydrogens is 184 g/mol. The van der Waals surface area contributed by atoms with E-state index in [0.717, 1.165) is 25.7 Å². The van der Waals surface area contributed by atoms with Gasteiger partial charge in [0, 0.05) is 13.0 Å². The van der Waals surface area contributed by atoms with Gasteiger partial charge in [-0.15, -0.1) is 0 Å². The van der Waals surface area contributed by atoms with Gasteiger partial charge in [0.05, 0.1) is 0 Å². The maximum absolute atomic E-state index is 10.4. The maximum atomic E-state index is 10.4. The quantitative estimate of drug-likeness (QED) is 0.585. The van der Waals surface area contributed by atoms with Gasteiger partial charge in [0.1, 0.15) is 0 Å². The Hall–Kier alpha value is -0.150. The number of carbonyl (C=O) groups is 1. The van der Waals surface area contributed by atoms with E-state index in [9.17, 15) is 4.79 Å². The summed E-state index contributed by atoms with van der Waals surface area (Å²) in [6.07, 6.45) is 8.26. The van der Waals surface area contributed by atoms with Gasteiger partial charge in [-0.1, -0.05) is 32.1 Å². The number of aliphatic hydroxyl groups excluding tert-OH is 1. The van der Waals surface area contributed by atoms with Crippen LogP contribution >= 0.6 is 12.6 Å². The van der Waals surface area contributed by atoms with Crippen molar-refractivity contribution in [3.05, 3.63) is 0 Å². The van der Waals surface area contributed by atoms with Crippen LogP contribution in [0.4, 0.5) is 0 Å². The van der Waals surface area contributed by atoms with Crippen molar-refractivity contribution in [1.29, 1.82) is 0 Å². The van der Waals surface area contributed by atoms with Crippen molar-refractivity contribution in [3.63, 3.8) is 0 Å². The van der Waals surface area contributed by atoms with Crippen LogP contribution in [0.2, 0.25) is 0 Å². The van der Waals surface area contributed by atoms with Gasteiger partial charge >= 0.3 is 0 Å². The van der Waals surface area contributed by atoms with Crippen LogP contribution in [0.25, 0.3) is 0 Å².